The molecule has 1 aliphatic rings. The molecular weight excluding hydrogens is 423 g/mol. The number of rotatable bonds is 3. The fourth-order valence-electron chi connectivity index (χ4n) is 3.63. The maximum absolute atomic E-state index is 13.0. The number of fused-ring (bicyclic) bond motifs is 1. The summed E-state index contributed by atoms with van der Waals surface area (Å²) in [4.78, 5) is 19.8. The fourth-order valence-corrected chi connectivity index (χ4v) is 4.13. The van der Waals surface area contributed by atoms with Crippen molar-refractivity contribution in [3.8, 4) is 0 Å². The van der Waals surface area contributed by atoms with Crippen molar-refractivity contribution in [2.24, 2.45) is 17.8 Å². The van der Waals surface area contributed by atoms with E-state index < -0.39 is 0 Å². The first kappa shape index (κ1) is 20.7. The van der Waals surface area contributed by atoms with Crippen LogP contribution in [-0.4, -0.2) is 36.7 Å². The highest BCUT2D eigenvalue weighted by molar-refractivity contribution is 6.39. The van der Waals surface area contributed by atoms with Gasteiger partial charge in [-0.15, -0.1) is 0 Å². The standard InChI is InChI=1S/C22H22Cl2N4O2/c1-13-3-5-15(28-7-9-30-10-8-28)12-17(13)26-21(25)19-20(24)16-11-14(23)4-6-18(16)27(2)22(19)29/h3-6,11-12H,7-10H2,1-2H3,(H2,25,26). The van der Waals surface area contributed by atoms with Crippen LogP contribution in [-0.2, 0) is 11.8 Å². The molecule has 2 heterocycles. The van der Waals surface area contributed by atoms with Crippen LogP contribution in [0.15, 0.2) is 46.2 Å². The lowest BCUT2D eigenvalue weighted by molar-refractivity contribution is 0.122. The number of morpholine rings is 1. The first-order valence-corrected chi connectivity index (χ1v) is 10.4. The number of hydrogen-bond acceptors (Lipinski definition) is 4. The Labute approximate surface area is 184 Å². The molecule has 1 fully saturated rings. The van der Waals surface area contributed by atoms with E-state index in [4.69, 9.17) is 33.7 Å². The van der Waals surface area contributed by atoms with Crippen LogP contribution in [0.4, 0.5) is 11.4 Å². The summed E-state index contributed by atoms with van der Waals surface area (Å²) in [6.45, 7) is 4.98. The Morgan fingerprint density at radius 3 is 2.60 bits per heavy atom. The van der Waals surface area contributed by atoms with Crippen molar-refractivity contribution in [1.29, 1.82) is 0 Å². The molecule has 156 valence electrons. The summed E-state index contributed by atoms with van der Waals surface area (Å²) < 4.78 is 6.93. The molecule has 6 nitrogen and oxygen atoms in total. The largest absolute Gasteiger partial charge is 0.383 e. The molecule has 8 heteroatoms. The maximum atomic E-state index is 13.0. The van der Waals surface area contributed by atoms with E-state index in [1.54, 1.807) is 25.2 Å². The topological polar surface area (TPSA) is 72.8 Å². The fraction of sp³-hybridized carbons (Fsp3) is 0.273. The van der Waals surface area contributed by atoms with E-state index in [2.05, 4.69) is 16.0 Å². The van der Waals surface area contributed by atoms with Gasteiger partial charge < -0.3 is 19.9 Å². The molecule has 0 bridgehead atoms. The summed E-state index contributed by atoms with van der Waals surface area (Å²) in [6, 6.07) is 11.2. The van der Waals surface area contributed by atoms with Crippen molar-refractivity contribution in [3.63, 3.8) is 0 Å². The molecule has 0 unspecified atom stereocenters. The SMILES string of the molecule is Cc1ccc(N2CCOCC2)cc1N=C(N)c1c(Cl)c2cc(Cl)ccc2n(C)c1=O. The molecule has 2 N–H and O–H groups in total. The number of nitrogens with zero attached hydrogens (tertiary/aromatic N) is 3. The van der Waals surface area contributed by atoms with Crippen LogP contribution < -0.4 is 16.2 Å². The van der Waals surface area contributed by atoms with E-state index >= 15 is 0 Å². The second kappa shape index (κ2) is 8.30. The van der Waals surface area contributed by atoms with Crippen molar-refractivity contribution in [2.45, 2.75) is 6.92 Å². The molecule has 0 aliphatic carbocycles. The minimum atomic E-state index is -0.307. The van der Waals surface area contributed by atoms with Gasteiger partial charge in [0.05, 0.1) is 29.4 Å². The zero-order valence-corrected chi connectivity index (χ0v) is 18.3. The lowest BCUT2D eigenvalue weighted by Crippen LogP contribution is -2.36. The molecule has 1 aromatic heterocycles. The quantitative estimate of drug-likeness (QED) is 0.488. The van der Waals surface area contributed by atoms with E-state index in [-0.39, 0.29) is 22.0 Å². The van der Waals surface area contributed by atoms with Crippen molar-refractivity contribution in [2.75, 3.05) is 31.2 Å². The van der Waals surface area contributed by atoms with Crippen LogP contribution in [0.1, 0.15) is 11.1 Å². The Bertz CT molecular complexity index is 1210. The minimum absolute atomic E-state index is 0.0738. The Kier molecular flexibility index (Phi) is 5.73. The lowest BCUT2D eigenvalue weighted by Gasteiger charge is -2.29. The third-order valence-corrected chi connectivity index (χ3v) is 5.99. The molecule has 1 saturated heterocycles. The van der Waals surface area contributed by atoms with Crippen LogP contribution >= 0.6 is 23.2 Å². The van der Waals surface area contributed by atoms with Gasteiger partial charge in [-0.25, -0.2) is 4.99 Å². The zero-order chi connectivity index (χ0) is 21.4. The second-order valence-corrected chi connectivity index (χ2v) is 8.10. The van der Waals surface area contributed by atoms with Gasteiger partial charge in [-0.1, -0.05) is 29.3 Å². The van der Waals surface area contributed by atoms with Gasteiger partial charge in [-0.05, 0) is 42.8 Å². The molecule has 1 aliphatic heterocycles. The van der Waals surface area contributed by atoms with E-state index in [1.807, 2.05) is 19.1 Å². The number of ether oxygens (including phenoxy) is 1. The van der Waals surface area contributed by atoms with Crippen LogP contribution in [0.5, 0.6) is 0 Å². The Morgan fingerprint density at radius 2 is 1.87 bits per heavy atom. The summed E-state index contributed by atoms with van der Waals surface area (Å²) in [7, 11) is 1.68. The van der Waals surface area contributed by atoms with E-state index in [0.29, 0.717) is 34.8 Å². The predicted octanol–water partition coefficient (Wildman–Crippen LogP) is 4.03. The number of aliphatic imine (C=N–C) groups is 1. The minimum Gasteiger partial charge on any atom is -0.383 e. The maximum Gasteiger partial charge on any atom is 0.263 e. The van der Waals surface area contributed by atoms with E-state index in [1.165, 1.54) is 4.57 Å². The molecule has 3 aromatic rings. The van der Waals surface area contributed by atoms with Crippen LogP contribution in [0, 0.1) is 6.92 Å². The van der Waals surface area contributed by atoms with Gasteiger partial charge >= 0.3 is 0 Å². The highest BCUT2D eigenvalue weighted by Crippen LogP contribution is 2.30. The number of benzene rings is 2. The summed E-state index contributed by atoms with van der Waals surface area (Å²) >= 11 is 12.7. The molecule has 30 heavy (non-hydrogen) atoms. The van der Waals surface area contributed by atoms with Crippen molar-refractivity contribution in [3.05, 3.63) is 67.9 Å². The van der Waals surface area contributed by atoms with Gasteiger partial charge in [-0.2, -0.15) is 0 Å². The van der Waals surface area contributed by atoms with Gasteiger partial charge in [0.2, 0.25) is 0 Å². The Hall–Kier alpha value is -2.54. The number of amidine groups is 1. The monoisotopic (exact) mass is 444 g/mol. The summed E-state index contributed by atoms with van der Waals surface area (Å²) in [5.74, 6) is 0.0738. The van der Waals surface area contributed by atoms with Gasteiger partial charge in [0, 0.05) is 36.2 Å². The van der Waals surface area contributed by atoms with Crippen LogP contribution in [0.2, 0.25) is 10.0 Å². The summed E-state index contributed by atoms with van der Waals surface area (Å²) in [5, 5.41) is 1.43. The average molecular weight is 445 g/mol. The number of aryl methyl sites for hydroxylation is 2. The van der Waals surface area contributed by atoms with E-state index in [0.717, 1.165) is 24.3 Å². The highest BCUT2D eigenvalue weighted by atomic mass is 35.5. The van der Waals surface area contributed by atoms with Gasteiger partial charge in [-0.3, -0.25) is 4.79 Å². The smallest absolute Gasteiger partial charge is 0.263 e. The molecule has 0 saturated carbocycles. The first-order valence-electron chi connectivity index (χ1n) is 9.62. The third kappa shape index (κ3) is 3.78. The first-order chi connectivity index (χ1) is 14.4. The Morgan fingerprint density at radius 1 is 1.13 bits per heavy atom. The number of anilines is 1. The Balaban J connectivity index is 1.82. The normalized spacial score (nSPS) is 15.1. The summed E-state index contributed by atoms with van der Waals surface area (Å²) in [6.07, 6.45) is 0. The van der Waals surface area contributed by atoms with Gasteiger partial charge in [0.25, 0.3) is 5.56 Å². The van der Waals surface area contributed by atoms with Crippen molar-refractivity contribution in [1.82, 2.24) is 4.57 Å². The molecule has 0 spiro atoms. The molecule has 0 radical (unpaired) electrons. The number of nitrogens with two attached hydrogens (primary N) is 1. The van der Waals surface area contributed by atoms with Crippen LogP contribution in [0.3, 0.4) is 0 Å². The molecule has 0 atom stereocenters. The number of aromatic nitrogens is 1. The highest BCUT2D eigenvalue weighted by Gasteiger charge is 2.18. The number of hydrogen-bond donors (Lipinski definition) is 1. The summed E-state index contributed by atoms with van der Waals surface area (Å²) in [5.41, 5.74) is 9.54. The second-order valence-electron chi connectivity index (χ2n) is 7.28. The molecule has 4 rings (SSSR count). The van der Waals surface area contributed by atoms with Crippen molar-refractivity contribution >= 4 is 51.3 Å². The molecular formula is C22H22Cl2N4O2. The van der Waals surface area contributed by atoms with E-state index in [9.17, 15) is 4.79 Å². The van der Waals surface area contributed by atoms with Gasteiger partial charge in [0.15, 0.2) is 0 Å². The molecule has 0 amide bonds. The van der Waals surface area contributed by atoms with Crippen molar-refractivity contribution < 1.29 is 4.74 Å². The average Bonchev–Trinajstić information content (AvgIpc) is 2.74. The number of pyridine rings is 1. The number of halogens is 2. The molecule has 2 aromatic carbocycles. The predicted molar refractivity (Wildman–Crippen MR) is 124 cm³/mol. The van der Waals surface area contributed by atoms with Gasteiger partial charge in [0.1, 0.15) is 11.4 Å². The third-order valence-electron chi connectivity index (χ3n) is 5.36. The van der Waals surface area contributed by atoms with Crippen LogP contribution in [0.25, 0.3) is 10.9 Å². The lowest BCUT2D eigenvalue weighted by atomic mass is 10.1. The zero-order valence-electron chi connectivity index (χ0n) is 16.8.